The lowest BCUT2D eigenvalue weighted by Gasteiger charge is -2.05. The van der Waals surface area contributed by atoms with Crippen LogP contribution >= 0.6 is 11.6 Å². The van der Waals surface area contributed by atoms with E-state index in [-0.39, 0.29) is 5.76 Å². The van der Waals surface area contributed by atoms with Crippen LogP contribution < -0.4 is 10.9 Å². The molecular formula is C17H12ClN3O3. The van der Waals surface area contributed by atoms with Crippen molar-refractivity contribution in [1.82, 2.24) is 15.8 Å². The molecule has 3 aromatic rings. The number of hydrogen-bond acceptors (Lipinski definition) is 4. The molecule has 0 bridgehead atoms. The van der Waals surface area contributed by atoms with Crippen LogP contribution in [0.4, 0.5) is 0 Å². The van der Waals surface area contributed by atoms with Crippen molar-refractivity contribution < 1.29 is 14.0 Å². The first-order chi connectivity index (χ1) is 11.6. The second kappa shape index (κ2) is 6.97. The van der Waals surface area contributed by atoms with Crippen molar-refractivity contribution in [3.8, 4) is 11.3 Å². The highest BCUT2D eigenvalue weighted by Gasteiger charge is 2.13. The fourth-order valence-electron chi connectivity index (χ4n) is 1.98. The lowest BCUT2D eigenvalue weighted by Crippen LogP contribution is -2.41. The van der Waals surface area contributed by atoms with Crippen molar-refractivity contribution in [3.05, 3.63) is 77.3 Å². The molecule has 2 heterocycles. The van der Waals surface area contributed by atoms with E-state index in [1.54, 1.807) is 30.3 Å². The van der Waals surface area contributed by atoms with Gasteiger partial charge in [-0.15, -0.1) is 0 Å². The molecule has 0 saturated carbocycles. The van der Waals surface area contributed by atoms with Crippen LogP contribution in [0.15, 0.2) is 65.3 Å². The minimum Gasteiger partial charge on any atom is -0.451 e. The molecule has 0 unspecified atom stereocenters. The number of amides is 2. The molecule has 0 aliphatic carbocycles. The standard InChI is InChI=1S/C17H12ClN3O3/c18-13-3-1-11(2-4-13)14-5-6-15(24-14)17(23)21-20-16(22)12-7-9-19-10-8-12/h1-10H,(H,20,22)(H,21,23). The van der Waals surface area contributed by atoms with Gasteiger partial charge < -0.3 is 4.42 Å². The van der Waals surface area contributed by atoms with Gasteiger partial charge in [0.1, 0.15) is 5.76 Å². The van der Waals surface area contributed by atoms with E-state index >= 15 is 0 Å². The predicted octanol–water partition coefficient (Wildman–Crippen LogP) is 3.07. The molecule has 7 heteroatoms. The summed E-state index contributed by atoms with van der Waals surface area (Å²) in [6, 6.07) is 13.3. The highest BCUT2D eigenvalue weighted by Crippen LogP contribution is 2.23. The molecule has 24 heavy (non-hydrogen) atoms. The summed E-state index contributed by atoms with van der Waals surface area (Å²) < 4.78 is 5.49. The van der Waals surface area contributed by atoms with E-state index in [4.69, 9.17) is 16.0 Å². The minimum atomic E-state index is -0.558. The molecule has 2 aromatic heterocycles. The van der Waals surface area contributed by atoms with E-state index in [2.05, 4.69) is 15.8 Å². The molecule has 0 atom stereocenters. The molecule has 1 aromatic carbocycles. The molecule has 3 rings (SSSR count). The third-order valence-corrected chi connectivity index (χ3v) is 3.44. The van der Waals surface area contributed by atoms with Gasteiger partial charge in [0.15, 0.2) is 5.76 Å². The number of furan rings is 1. The largest absolute Gasteiger partial charge is 0.451 e. The van der Waals surface area contributed by atoms with Crippen molar-refractivity contribution >= 4 is 23.4 Å². The zero-order chi connectivity index (χ0) is 16.9. The number of nitrogens with zero attached hydrogens (tertiary/aromatic N) is 1. The van der Waals surface area contributed by atoms with E-state index in [0.29, 0.717) is 16.3 Å². The number of nitrogens with one attached hydrogen (secondary N) is 2. The van der Waals surface area contributed by atoms with Crippen molar-refractivity contribution in [2.75, 3.05) is 0 Å². The van der Waals surface area contributed by atoms with Crippen LogP contribution in [0.5, 0.6) is 0 Å². The molecule has 0 fully saturated rings. The van der Waals surface area contributed by atoms with E-state index in [1.807, 2.05) is 0 Å². The van der Waals surface area contributed by atoms with Gasteiger partial charge in [-0.2, -0.15) is 0 Å². The van der Waals surface area contributed by atoms with Crippen LogP contribution in [0.2, 0.25) is 5.02 Å². The molecule has 2 amide bonds. The Balaban J connectivity index is 1.64. The van der Waals surface area contributed by atoms with E-state index in [9.17, 15) is 9.59 Å². The Morgan fingerprint density at radius 2 is 1.54 bits per heavy atom. The number of benzene rings is 1. The van der Waals surface area contributed by atoms with Gasteiger partial charge in [0.2, 0.25) is 0 Å². The van der Waals surface area contributed by atoms with Gasteiger partial charge in [0.25, 0.3) is 5.91 Å². The summed E-state index contributed by atoms with van der Waals surface area (Å²) in [4.78, 5) is 27.7. The van der Waals surface area contributed by atoms with Crippen LogP contribution in [0.25, 0.3) is 11.3 Å². The van der Waals surface area contributed by atoms with E-state index in [1.165, 1.54) is 30.6 Å². The second-order valence-corrected chi connectivity index (χ2v) is 5.25. The predicted molar refractivity (Wildman–Crippen MR) is 88.3 cm³/mol. The third kappa shape index (κ3) is 3.61. The number of pyridine rings is 1. The molecular weight excluding hydrogens is 330 g/mol. The quantitative estimate of drug-likeness (QED) is 0.717. The van der Waals surface area contributed by atoms with Crippen LogP contribution in [0, 0.1) is 0 Å². The van der Waals surface area contributed by atoms with Gasteiger partial charge in [-0.3, -0.25) is 25.4 Å². The Labute approximate surface area is 142 Å². The Kier molecular flexibility index (Phi) is 4.58. The SMILES string of the molecule is O=C(NNC(=O)c1ccc(-c2ccc(Cl)cc2)o1)c1ccncc1. The van der Waals surface area contributed by atoms with Gasteiger partial charge in [0.05, 0.1) is 0 Å². The minimum absolute atomic E-state index is 0.0787. The highest BCUT2D eigenvalue weighted by molar-refractivity contribution is 6.30. The number of carbonyl (C=O) groups is 2. The summed E-state index contributed by atoms with van der Waals surface area (Å²) in [6.07, 6.45) is 2.98. The maximum Gasteiger partial charge on any atom is 0.305 e. The highest BCUT2D eigenvalue weighted by atomic mass is 35.5. The summed E-state index contributed by atoms with van der Waals surface area (Å²) in [5.74, 6) is -0.403. The summed E-state index contributed by atoms with van der Waals surface area (Å²) in [5, 5.41) is 0.613. The van der Waals surface area contributed by atoms with Crippen molar-refractivity contribution in [1.29, 1.82) is 0 Å². The lowest BCUT2D eigenvalue weighted by atomic mass is 10.2. The van der Waals surface area contributed by atoms with Gasteiger partial charge >= 0.3 is 5.91 Å². The fourth-order valence-corrected chi connectivity index (χ4v) is 2.11. The van der Waals surface area contributed by atoms with Gasteiger partial charge in [-0.1, -0.05) is 11.6 Å². The molecule has 0 radical (unpaired) electrons. The van der Waals surface area contributed by atoms with Gasteiger partial charge in [-0.25, -0.2) is 0 Å². The maximum atomic E-state index is 12.0. The Hall–Kier alpha value is -3.12. The van der Waals surface area contributed by atoms with Crippen molar-refractivity contribution in [2.45, 2.75) is 0 Å². The normalized spacial score (nSPS) is 10.2. The zero-order valence-electron chi connectivity index (χ0n) is 12.3. The number of hydrogen-bond donors (Lipinski definition) is 2. The Morgan fingerprint density at radius 3 is 2.25 bits per heavy atom. The Bertz CT molecular complexity index is 860. The summed E-state index contributed by atoms with van der Waals surface area (Å²) >= 11 is 5.84. The number of halogens is 1. The number of aromatic nitrogens is 1. The smallest absolute Gasteiger partial charge is 0.305 e. The zero-order valence-corrected chi connectivity index (χ0v) is 13.1. The molecule has 0 spiro atoms. The van der Waals surface area contributed by atoms with Gasteiger partial charge in [0, 0.05) is 28.5 Å². The van der Waals surface area contributed by atoms with Crippen LogP contribution in [-0.2, 0) is 0 Å². The number of rotatable bonds is 3. The van der Waals surface area contributed by atoms with Crippen LogP contribution in [-0.4, -0.2) is 16.8 Å². The first-order valence-electron chi connectivity index (χ1n) is 7.00. The average Bonchev–Trinajstić information content (AvgIpc) is 3.11. The first kappa shape index (κ1) is 15.8. The Morgan fingerprint density at radius 1 is 0.875 bits per heavy atom. The maximum absolute atomic E-state index is 12.0. The number of hydrazine groups is 1. The van der Waals surface area contributed by atoms with E-state index < -0.39 is 11.8 Å². The molecule has 6 nitrogen and oxygen atoms in total. The molecule has 0 saturated heterocycles. The summed E-state index contributed by atoms with van der Waals surface area (Å²) in [6.45, 7) is 0. The average molecular weight is 342 g/mol. The third-order valence-electron chi connectivity index (χ3n) is 3.19. The second-order valence-electron chi connectivity index (χ2n) is 4.81. The van der Waals surface area contributed by atoms with Gasteiger partial charge in [-0.05, 0) is 48.5 Å². The van der Waals surface area contributed by atoms with Crippen LogP contribution in [0.3, 0.4) is 0 Å². The monoisotopic (exact) mass is 341 g/mol. The van der Waals surface area contributed by atoms with Crippen molar-refractivity contribution in [2.24, 2.45) is 0 Å². The van der Waals surface area contributed by atoms with E-state index in [0.717, 1.165) is 5.56 Å². The number of carbonyl (C=O) groups excluding carboxylic acids is 2. The lowest BCUT2D eigenvalue weighted by molar-refractivity contribution is 0.0831. The topological polar surface area (TPSA) is 84.2 Å². The van der Waals surface area contributed by atoms with Crippen LogP contribution in [0.1, 0.15) is 20.9 Å². The molecule has 0 aliphatic rings. The molecule has 2 N–H and O–H groups in total. The summed E-state index contributed by atoms with van der Waals surface area (Å²) in [5.41, 5.74) is 5.78. The summed E-state index contributed by atoms with van der Waals surface area (Å²) in [7, 11) is 0. The fraction of sp³-hybridized carbons (Fsp3) is 0. The van der Waals surface area contributed by atoms with Crippen molar-refractivity contribution in [3.63, 3.8) is 0 Å². The first-order valence-corrected chi connectivity index (χ1v) is 7.38. The molecule has 0 aliphatic heterocycles. The molecule has 120 valence electrons.